The summed E-state index contributed by atoms with van der Waals surface area (Å²) in [5.74, 6) is 2.49. The second-order valence-corrected chi connectivity index (χ2v) is 7.03. The highest BCUT2D eigenvalue weighted by atomic mass is 16.5. The Kier molecular flexibility index (Phi) is 5.67. The molecular formula is C22H24N4O4. The minimum Gasteiger partial charge on any atom is -0.496 e. The number of methoxy groups -OCH3 is 3. The highest BCUT2D eigenvalue weighted by molar-refractivity contribution is 5.51. The molecule has 8 nitrogen and oxygen atoms in total. The summed E-state index contributed by atoms with van der Waals surface area (Å²) >= 11 is 0. The number of aromatic amines is 1. The molecule has 0 bridgehead atoms. The molecule has 1 N–H and O–H groups in total. The van der Waals surface area contributed by atoms with Crippen LogP contribution < -0.4 is 19.8 Å². The third-order valence-electron chi connectivity index (χ3n) is 5.24. The number of fused-ring (bicyclic) bond motifs is 1. The van der Waals surface area contributed by atoms with Gasteiger partial charge in [0.05, 0.1) is 32.6 Å². The molecule has 1 aliphatic rings. The van der Waals surface area contributed by atoms with Crippen molar-refractivity contribution < 1.29 is 14.2 Å². The predicted molar refractivity (Wildman–Crippen MR) is 112 cm³/mol. The highest BCUT2D eigenvalue weighted by Gasteiger charge is 2.23. The summed E-state index contributed by atoms with van der Waals surface area (Å²) in [5, 5.41) is 0. The summed E-state index contributed by atoms with van der Waals surface area (Å²) in [6, 6.07) is 9.28. The van der Waals surface area contributed by atoms with Crippen LogP contribution in [0.25, 0.3) is 11.5 Å². The van der Waals surface area contributed by atoms with E-state index in [9.17, 15) is 4.79 Å². The van der Waals surface area contributed by atoms with Crippen LogP contribution in [-0.2, 0) is 19.5 Å². The van der Waals surface area contributed by atoms with Crippen molar-refractivity contribution in [3.8, 4) is 28.8 Å². The molecule has 156 valence electrons. The van der Waals surface area contributed by atoms with Crippen LogP contribution in [0.5, 0.6) is 17.2 Å². The number of H-pyrrole nitrogens is 1. The lowest BCUT2D eigenvalue weighted by Crippen LogP contribution is -2.35. The zero-order valence-corrected chi connectivity index (χ0v) is 17.3. The Morgan fingerprint density at radius 2 is 1.83 bits per heavy atom. The first-order valence-electron chi connectivity index (χ1n) is 9.67. The molecule has 0 atom stereocenters. The number of nitrogens with one attached hydrogen (secondary N) is 1. The van der Waals surface area contributed by atoms with Crippen LogP contribution in [0.2, 0.25) is 0 Å². The van der Waals surface area contributed by atoms with Gasteiger partial charge in [-0.15, -0.1) is 0 Å². The highest BCUT2D eigenvalue weighted by Crippen LogP contribution is 2.35. The lowest BCUT2D eigenvalue weighted by molar-refractivity contribution is 0.237. The zero-order chi connectivity index (χ0) is 21.1. The van der Waals surface area contributed by atoms with E-state index < -0.39 is 0 Å². The number of pyridine rings is 1. The van der Waals surface area contributed by atoms with Gasteiger partial charge in [-0.3, -0.25) is 14.7 Å². The fraction of sp³-hybridized carbons (Fsp3) is 0.318. The van der Waals surface area contributed by atoms with Crippen molar-refractivity contribution >= 4 is 0 Å². The lowest BCUT2D eigenvalue weighted by atomic mass is 10.0. The SMILES string of the molecule is COc1cc(OC)c(OC)cc1CN1CCc2nc(-c3ccccn3)[nH]c(=O)c2C1. The van der Waals surface area contributed by atoms with E-state index in [1.807, 2.05) is 30.3 Å². The van der Waals surface area contributed by atoms with E-state index in [1.54, 1.807) is 27.5 Å². The molecule has 0 radical (unpaired) electrons. The summed E-state index contributed by atoms with van der Waals surface area (Å²) in [5.41, 5.74) is 3.03. The molecule has 3 heterocycles. The number of rotatable bonds is 6. The molecule has 0 spiro atoms. The van der Waals surface area contributed by atoms with Crippen molar-refractivity contribution in [1.82, 2.24) is 19.9 Å². The molecule has 2 aromatic heterocycles. The van der Waals surface area contributed by atoms with Crippen LogP contribution >= 0.6 is 0 Å². The fourth-order valence-electron chi connectivity index (χ4n) is 3.70. The minimum atomic E-state index is -0.121. The maximum Gasteiger partial charge on any atom is 0.255 e. The van der Waals surface area contributed by atoms with E-state index in [0.717, 1.165) is 23.6 Å². The smallest absolute Gasteiger partial charge is 0.255 e. The third kappa shape index (κ3) is 3.86. The fourth-order valence-corrected chi connectivity index (χ4v) is 3.70. The summed E-state index contributed by atoms with van der Waals surface area (Å²) in [6.45, 7) is 1.91. The van der Waals surface area contributed by atoms with Gasteiger partial charge in [0.1, 0.15) is 11.4 Å². The Morgan fingerprint density at radius 3 is 2.53 bits per heavy atom. The molecule has 30 heavy (non-hydrogen) atoms. The van der Waals surface area contributed by atoms with Gasteiger partial charge in [0, 0.05) is 43.9 Å². The van der Waals surface area contributed by atoms with Gasteiger partial charge in [-0.1, -0.05) is 6.07 Å². The number of aromatic nitrogens is 3. The molecule has 4 rings (SSSR count). The lowest BCUT2D eigenvalue weighted by Gasteiger charge is -2.28. The Bertz CT molecular complexity index is 1100. The van der Waals surface area contributed by atoms with E-state index in [1.165, 1.54) is 0 Å². The van der Waals surface area contributed by atoms with Gasteiger partial charge in [0.2, 0.25) is 0 Å². The monoisotopic (exact) mass is 408 g/mol. The Labute approximate surface area is 174 Å². The van der Waals surface area contributed by atoms with Crippen LogP contribution in [0.1, 0.15) is 16.8 Å². The summed E-state index contributed by atoms with van der Waals surface area (Å²) in [7, 11) is 4.83. The molecule has 0 saturated carbocycles. The molecule has 0 fully saturated rings. The molecule has 1 aliphatic heterocycles. The first-order valence-corrected chi connectivity index (χ1v) is 9.67. The van der Waals surface area contributed by atoms with Crippen LogP contribution in [0.3, 0.4) is 0 Å². The average Bonchev–Trinajstić information content (AvgIpc) is 2.79. The molecule has 0 aliphatic carbocycles. The van der Waals surface area contributed by atoms with Crippen molar-refractivity contribution in [3.63, 3.8) is 0 Å². The van der Waals surface area contributed by atoms with Gasteiger partial charge in [-0.05, 0) is 18.2 Å². The maximum absolute atomic E-state index is 12.8. The van der Waals surface area contributed by atoms with Crippen LogP contribution in [0, 0.1) is 0 Å². The van der Waals surface area contributed by atoms with Crippen molar-refractivity contribution in [1.29, 1.82) is 0 Å². The van der Waals surface area contributed by atoms with Crippen LogP contribution in [0.15, 0.2) is 41.3 Å². The van der Waals surface area contributed by atoms with E-state index >= 15 is 0 Å². The van der Waals surface area contributed by atoms with Crippen LogP contribution in [-0.4, -0.2) is 47.7 Å². The first kappa shape index (κ1) is 19.9. The Morgan fingerprint density at radius 1 is 1.07 bits per heavy atom. The third-order valence-corrected chi connectivity index (χ3v) is 5.24. The van der Waals surface area contributed by atoms with E-state index in [4.69, 9.17) is 14.2 Å². The zero-order valence-electron chi connectivity index (χ0n) is 17.3. The van der Waals surface area contributed by atoms with Gasteiger partial charge in [0.25, 0.3) is 5.56 Å². The van der Waals surface area contributed by atoms with Gasteiger partial charge < -0.3 is 19.2 Å². The van der Waals surface area contributed by atoms with Crippen molar-refractivity contribution in [2.45, 2.75) is 19.5 Å². The normalized spacial score (nSPS) is 13.6. The second kappa shape index (κ2) is 8.54. The van der Waals surface area contributed by atoms with Crippen LogP contribution in [0.4, 0.5) is 0 Å². The van der Waals surface area contributed by atoms with Gasteiger partial charge in [-0.2, -0.15) is 0 Å². The Balaban J connectivity index is 1.59. The van der Waals surface area contributed by atoms with Crippen molar-refractivity contribution in [3.05, 3.63) is 63.7 Å². The van der Waals surface area contributed by atoms with Crippen molar-refractivity contribution in [2.75, 3.05) is 27.9 Å². The molecule has 3 aromatic rings. The van der Waals surface area contributed by atoms with Gasteiger partial charge in [0.15, 0.2) is 17.3 Å². The number of hydrogen-bond donors (Lipinski definition) is 1. The van der Waals surface area contributed by atoms with Gasteiger partial charge >= 0.3 is 0 Å². The predicted octanol–water partition coefficient (Wildman–Crippen LogP) is 2.42. The number of ether oxygens (including phenoxy) is 3. The largest absolute Gasteiger partial charge is 0.496 e. The van der Waals surface area contributed by atoms with E-state index in [-0.39, 0.29) is 5.56 Å². The quantitative estimate of drug-likeness (QED) is 0.670. The van der Waals surface area contributed by atoms with E-state index in [2.05, 4.69) is 19.9 Å². The van der Waals surface area contributed by atoms with Crippen molar-refractivity contribution in [2.24, 2.45) is 0 Å². The molecule has 1 aromatic carbocycles. The summed E-state index contributed by atoms with van der Waals surface area (Å²) < 4.78 is 16.3. The topological polar surface area (TPSA) is 89.6 Å². The minimum absolute atomic E-state index is 0.121. The Hall–Kier alpha value is -3.39. The molecular weight excluding hydrogens is 384 g/mol. The maximum atomic E-state index is 12.8. The standard InChI is InChI=1S/C22H24N4O4/c1-28-18-11-20(30-3)19(29-2)10-14(18)12-26-9-7-16-15(13-26)22(27)25-21(24-16)17-6-4-5-8-23-17/h4-6,8,10-11H,7,9,12-13H2,1-3H3,(H,24,25,27). The molecule has 8 heteroatoms. The summed E-state index contributed by atoms with van der Waals surface area (Å²) in [6.07, 6.45) is 2.38. The number of nitrogens with zero attached hydrogens (tertiary/aromatic N) is 3. The second-order valence-electron chi connectivity index (χ2n) is 7.03. The van der Waals surface area contributed by atoms with E-state index in [0.29, 0.717) is 48.1 Å². The number of benzene rings is 1. The average molecular weight is 408 g/mol. The van der Waals surface area contributed by atoms with Gasteiger partial charge in [-0.25, -0.2) is 4.98 Å². The number of hydrogen-bond acceptors (Lipinski definition) is 7. The molecule has 0 unspecified atom stereocenters. The molecule has 0 amide bonds. The summed E-state index contributed by atoms with van der Waals surface area (Å²) in [4.78, 5) is 26.8. The first-order chi connectivity index (χ1) is 14.6. The molecule has 0 saturated heterocycles.